The topological polar surface area (TPSA) is 17.3 Å². The fourth-order valence-electron chi connectivity index (χ4n) is 7.46. The maximum atomic E-state index is 5.24. The molecule has 0 aliphatic heterocycles. The molecule has 2 aromatic heterocycles. The molecule has 2 heteroatoms. The Labute approximate surface area is 175 Å². The van der Waals surface area contributed by atoms with Crippen LogP contribution in [0.1, 0.15) is 55.1 Å². The number of hydrogen-bond donors (Lipinski definition) is 0. The van der Waals surface area contributed by atoms with E-state index in [1.165, 1.54) is 64.8 Å². The minimum absolute atomic E-state index is 0.762. The molecule has 3 aromatic carbocycles. The molecule has 4 bridgehead atoms. The molecular formula is C28H24N2. The van der Waals surface area contributed by atoms with Gasteiger partial charge in [0.2, 0.25) is 0 Å². The van der Waals surface area contributed by atoms with Gasteiger partial charge in [-0.15, -0.1) is 0 Å². The Balaban J connectivity index is 1.54. The van der Waals surface area contributed by atoms with Crippen LogP contribution in [0.3, 0.4) is 0 Å². The van der Waals surface area contributed by atoms with Gasteiger partial charge in [-0.25, -0.2) is 4.98 Å². The number of pyridine rings is 1. The first-order valence-electron chi connectivity index (χ1n) is 11.6. The van der Waals surface area contributed by atoms with Crippen molar-refractivity contribution in [2.45, 2.75) is 43.9 Å². The second-order valence-electron chi connectivity index (χ2n) is 10.1. The van der Waals surface area contributed by atoms with Crippen molar-refractivity contribution in [3.63, 3.8) is 0 Å². The first-order valence-corrected chi connectivity index (χ1v) is 11.6. The van der Waals surface area contributed by atoms with Gasteiger partial charge in [0.15, 0.2) is 0 Å². The number of fused-ring (bicyclic) bond motifs is 8. The number of benzene rings is 3. The van der Waals surface area contributed by atoms with Gasteiger partial charge in [-0.3, -0.25) is 4.40 Å². The Hall–Kier alpha value is -2.87. The molecule has 5 aromatic rings. The maximum Gasteiger partial charge on any atom is 0.146 e. The zero-order valence-corrected chi connectivity index (χ0v) is 17.0. The van der Waals surface area contributed by atoms with E-state index in [0.29, 0.717) is 0 Å². The van der Waals surface area contributed by atoms with Crippen molar-refractivity contribution in [2.75, 3.05) is 0 Å². The Morgan fingerprint density at radius 1 is 0.633 bits per heavy atom. The molecule has 2 saturated carbocycles. The van der Waals surface area contributed by atoms with Gasteiger partial charge in [0.1, 0.15) is 5.65 Å². The van der Waals surface area contributed by atoms with E-state index in [4.69, 9.17) is 4.98 Å². The van der Waals surface area contributed by atoms with E-state index >= 15 is 0 Å². The van der Waals surface area contributed by atoms with E-state index in [2.05, 4.69) is 65.1 Å². The predicted octanol–water partition coefficient (Wildman–Crippen LogP) is 7.18. The molecule has 0 amide bonds. The summed E-state index contributed by atoms with van der Waals surface area (Å²) in [5.41, 5.74) is 8.13. The molecule has 4 aliphatic rings. The van der Waals surface area contributed by atoms with Crippen molar-refractivity contribution in [1.82, 2.24) is 9.38 Å². The normalized spacial score (nSPS) is 27.3. The van der Waals surface area contributed by atoms with E-state index in [1.54, 1.807) is 11.1 Å². The van der Waals surface area contributed by atoms with Gasteiger partial charge in [-0.2, -0.15) is 0 Å². The molecule has 2 fully saturated rings. The molecule has 30 heavy (non-hydrogen) atoms. The SMILES string of the molecule is c1ccc2c(c1)c1ccccc1n1c3cc4c(cc3nc21)C1CC2CC(C1)CC4C2. The van der Waals surface area contributed by atoms with Crippen LogP contribution in [0.25, 0.3) is 38.4 Å². The molecule has 0 N–H and O–H groups in total. The maximum absolute atomic E-state index is 5.24. The summed E-state index contributed by atoms with van der Waals surface area (Å²) in [6.45, 7) is 0. The van der Waals surface area contributed by atoms with Crippen LogP contribution in [-0.2, 0) is 0 Å². The van der Waals surface area contributed by atoms with Crippen molar-refractivity contribution < 1.29 is 0 Å². The van der Waals surface area contributed by atoms with Gasteiger partial charge >= 0.3 is 0 Å². The summed E-state index contributed by atoms with van der Waals surface area (Å²) in [6.07, 6.45) is 7.12. The quantitative estimate of drug-likeness (QED) is 0.257. The smallest absolute Gasteiger partial charge is 0.146 e. The molecule has 146 valence electrons. The van der Waals surface area contributed by atoms with Crippen molar-refractivity contribution in [1.29, 1.82) is 0 Å². The lowest BCUT2D eigenvalue weighted by atomic mass is 9.67. The average Bonchev–Trinajstić information content (AvgIpc) is 3.08. The number of hydrogen-bond acceptors (Lipinski definition) is 1. The number of imidazole rings is 1. The van der Waals surface area contributed by atoms with Crippen LogP contribution in [0.4, 0.5) is 0 Å². The monoisotopic (exact) mass is 388 g/mol. The van der Waals surface area contributed by atoms with Crippen molar-refractivity contribution in [3.05, 3.63) is 71.8 Å². The van der Waals surface area contributed by atoms with Crippen molar-refractivity contribution in [3.8, 4) is 0 Å². The molecule has 2 atom stereocenters. The highest BCUT2D eigenvalue weighted by molar-refractivity contribution is 6.13. The zero-order chi connectivity index (χ0) is 19.4. The summed E-state index contributed by atoms with van der Waals surface area (Å²) in [5, 5.41) is 3.87. The van der Waals surface area contributed by atoms with Crippen LogP contribution in [0.5, 0.6) is 0 Å². The third kappa shape index (κ3) is 1.93. The number of rotatable bonds is 0. The van der Waals surface area contributed by atoms with E-state index in [9.17, 15) is 0 Å². The molecule has 4 aliphatic carbocycles. The summed E-state index contributed by atoms with van der Waals surface area (Å²) < 4.78 is 2.43. The van der Waals surface area contributed by atoms with Crippen molar-refractivity contribution in [2.24, 2.45) is 11.8 Å². The minimum Gasteiger partial charge on any atom is -0.292 e. The molecular weight excluding hydrogens is 364 g/mol. The molecule has 9 rings (SSSR count). The number of nitrogens with zero attached hydrogens (tertiary/aromatic N) is 2. The Kier molecular flexibility index (Phi) is 2.88. The second kappa shape index (κ2) is 5.43. The third-order valence-corrected chi connectivity index (χ3v) is 8.48. The molecule has 0 saturated heterocycles. The van der Waals surface area contributed by atoms with E-state index < -0.39 is 0 Å². The summed E-state index contributed by atoms with van der Waals surface area (Å²) in [4.78, 5) is 5.24. The highest BCUT2D eigenvalue weighted by atomic mass is 15.0. The van der Waals surface area contributed by atoms with Crippen LogP contribution in [0.2, 0.25) is 0 Å². The van der Waals surface area contributed by atoms with Crippen molar-refractivity contribution >= 4 is 38.4 Å². The van der Waals surface area contributed by atoms with Gasteiger partial charge in [-0.05, 0) is 90.5 Å². The lowest BCUT2D eigenvalue weighted by molar-refractivity contribution is 0.166. The summed E-state index contributed by atoms with van der Waals surface area (Å²) in [5.74, 6) is 3.43. The first-order chi connectivity index (χ1) is 14.8. The third-order valence-electron chi connectivity index (χ3n) is 8.48. The van der Waals surface area contributed by atoms with E-state index in [0.717, 1.165) is 29.3 Å². The Bertz CT molecular complexity index is 1490. The van der Waals surface area contributed by atoms with E-state index in [1.807, 2.05) is 0 Å². The van der Waals surface area contributed by atoms with Crippen LogP contribution in [0.15, 0.2) is 60.7 Å². The van der Waals surface area contributed by atoms with Gasteiger partial charge in [0.05, 0.1) is 16.6 Å². The molecule has 2 nitrogen and oxygen atoms in total. The second-order valence-corrected chi connectivity index (χ2v) is 10.1. The average molecular weight is 389 g/mol. The lowest BCUT2D eigenvalue weighted by Crippen LogP contribution is -2.25. The molecule has 0 spiro atoms. The zero-order valence-electron chi connectivity index (χ0n) is 17.0. The predicted molar refractivity (Wildman–Crippen MR) is 123 cm³/mol. The lowest BCUT2D eigenvalue weighted by Gasteiger charge is -2.38. The molecule has 0 radical (unpaired) electrons. The van der Waals surface area contributed by atoms with Crippen LogP contribution in [-0.4, -0.2) is 9.38 Å². The van der Waals surface area contributed by atoms with Crippen LogP contribution >= 0.6 is 0 Å². The van der Waals surface area contributed by atoms with Crippen LogP contribution < -0.4 is 0 Å². The van der Waals surface area contributed by atoms with Gasteiger partial charge in [0, 0.05) is 10.8 Å². The summed E-state index contributed by atoms with van der Waals surface area (Å²) in [7, 11) is 0. The summed E-state index contributed by atoms with van der Waals surface area (Å²) >= 11 is 0. The number of aromatic nitrogens is 2. The van der Waals surface area contributed by atoms with Gasteiger partial charge in [0.25, 0.3) is 0 Å². The Morgan fingerprint density at radius 2 is 1.27 bits per heavy atom. The number of para-hydroxylation sites is 1. The minimum atomic E-state index is 0.762. The van der Waals surface area contributed by atoms with E-state index in [-0.39, 0.29) is 0 Å². The highest BCUT2D eigenvalue weighted by Crippen LogP contribution is 2.56. The fraction of sp³-hybridized carbons (Fsp3) is 0.321. The van der Waals surface area contributed by atoms with Crippen LogP contribution in [0, 0.1) is 11.8 Å². The largest absolute Gasteiger partial charge is 0.292 e. The molecule has 2 heterocycles. The van der Waals surface area contributed by atoms with Gasteiger partial charge in [-0.1, -0.05) is 42.5 Å². The standard InChI is InChI=1S/C28H24N2/c1-2-7-22-20(5-1)21-6-3-4-8-26(21)30-27-15-24-19-12-16-9-17(13-19)11-18(10-16)23(24)14-25(27)29-28(22)30/h1-8,14-19H,9-13H2. The Morgan fingerprint density at radius 3 is 2.03 bits per heavy atom. The molecule has 2 unspecified atom stereocenters. The first kappa shape index (κ1) is 15.9. The highest BCUT2D eigenvalue weighted by Gasteiger charge is 2.42. The van der Waals surface area contributed by atoms with Gasteiger partial charge < -0.3 is 0 Å². The fourth-order valence-corrected chi connectivity index (χ4v) is 7.46. The summed E-state index contributed by atoms with van der Waals surface area (Å²) in [6, 6.07) is 22.6.